The molecule has 5 heterocycles. The summed E-state index contributed by atoms with van der Waals surface area (Å²) in [4.78, 5) is 13.5. The third kappa shape index (κ3) is 4.71. The summed E-state index contributed by atoms with van der Waals surface area (Å²) in [5.74, 6) is 0.617. The van der Waals surface area contributed by atoms with Gasteiger partial charge < -0.3 is 19.8 Å². The van der Waals surface area contributed by atoms with Crippen LogP contribution in [-0.2, 0) is 19.5 Å². The quantitative estimate of drug-likeness (QED) is 0.637. The van der Waals surface area contributed by atoms with Gasteiger partial charge in [0.15, 0.2) is 0 Å². The maximum Gasteiger partial charge on any atom is 0.148 e. The number of aliphatic hydroxyl groups is 1. The molecule has 0 amide bonds. The van der Waals surface area contributed by atoms with Crippen LogP contribution in [0.1, 0.15) is 48.9 Å². The Hall–Kier alpha value is -2.64. The first-order valence-electron chi connectivity index (χ1n) is 13.6. The number of pyridine rings is 1. The highest BCUT2D eigenvalue weighted by Crippen LogP contribution is 2.39. The smallest absolute Gasteiger partial charge is 0.148 e. The van der Waals surface area contributed by atoms with Crippen molar-refractivity contribution >= 4 is 5.69 Å². The number of benzene rings is 1. The van der Waals surface area contributed by atoms with E-state index >= 15 is 4.39 Å². The first-order valence-corrected chi connectivity index (χ1v) is 13.6. The van der Waals surface area contributed by atoms with Crippen molar-refractivity contribution in [1.29, 1.82) is 0 Å². The number of halogens is 1. The zero-order valence-electron chi connectivity index (χ0n) is 21.2. The predicted molar refractivity (Wildman–Crippen MR) is 140 cm³/mol. The topological polar surface area (TPSA) is 46.1 Å². The fraction of sp³-hybridized carbons (Fsp3) is 0.552. The van der Waals surface area contributed by atoms with Gasteiger partial charge in [-0.15, -0.1) is 0 Å². The lowest BCUT2D eigenvalue weighted by atomic mass is 10.00. The van der Waals surface area contributed by atoms with Crippen molar-refractivity contribution in [2.75, 3.05) is 37.6 Å². The molecule has 6 nitrogen and oxygen atoms in total. The zero-order chi connectivity index (χ0) is 24.6. The molecule has 2 bridgehead atoms. The largest absolute Gasteiger partial charge is 0.390 e. The summed E-state index contributed by atoms with van der Waals surface area (Å²) in [6.45, 7) is 9.27. The second kappa shape index (κ2) is 10.0. The van der Waals surface area contributed by atoms with Crippen LogP contribution in [0.5, 0.6) is 0 Å². The molecule has 4 aliphatic heterocycles. The average Bonchev–Trinajstić information content (AvgIpc) is 3.34. The molecule has 4 aliphatic rings. The lowest BCUT2D eigenvalue weighted by Gasteiger charge is -2.36. The summed E-state index contributed by atoms with van der Waals surface area (Å²) >= 11 is 0. The number of fused-ring (bicyclic) bond motifs is 3. The minimum atomic E-state index is -0.457. The Balaban J connectivity index is 1.03. The second-order valence-corrected chi connectivity index (χ2v) is 11.0. The van der Waals surface area contributed by atoms with Gasteiger partial charge in [-0.3, -0.25) is 9.88 Å². The first kappa shape index (κ1) is 23.7. The molecule has 0 aliphatic carbocycles. The third-order valence-corrected chi connectivity index (χ3v) is 8.72. The van der Waals surface area contributed by atoms with Crippen LogP contribution in [0.25, 0.3) is 0 Å². The number of hydrogen-bond donors (Lipinski definition) is 1. The summed E-state index contributed by atoms with van der Waals surface area (Å²) < 4.78 is 15.1. The predicted octanol–water partition coefficient (Wildman–Crippen LogP) is 3.75. The molecule has 0 saturated carbocycles. The Morgan fingerprint density at radius 3 is 2.53 bits per heavy atom. The maximum absolute atomic E-state index is 15.1. The van der Waals surface area contributed by atoms with Gasteiger partial charge in [-0.1, -0.05) is 30.8 Å². The Morgan fingerprint density at radius 1 is 1.00 bits per heavy atom. The van der Waals surface area contributed by atoms with Crippen LogP contribution in [0.2, 0.25) is 0 Å². The van der Waals surface area contributed by atoms with Gasteiger partial charge in [-0.25, -0.2) is 4.39 Å². The highest BCUT2D eigenvalue weighted by Gasteiger charge is 2.37. The molecule has 6 rings (SSSR count). The monoisotopic (exact) mass is 491 g/mol. The summed E-state index contributed by atoms with van der Waals surface area (Å²) in [5.41, 5.74) is 4.19. The Morgan fingerprint density at radius 2 is 1.75 bits per heavy atom. The lowest BCUT2D eigenvalue weighted by Crippen LogP contribution is -2.41. The molecule has 2 unspecified atom stereocenters. The van der Waals surface area contributed by atoms with Crippen molar-refractivity contribution in [1.82, 2.24) is 19.7 Å². The minimum absolute atomic E-state index is 0.228. The van der Waals surface area contributed by atoms with Gasteiger partial charge in [0.25, 0.3) is 0 Å². The summed E-state index contributed by atoms with van der Waals surface area (Å²) in [7, 11) is 0. The van der Waals surface area contributed by atoms with Crippen molar-refractivity contribution in [3.8, 4) is 0 Å². The summed E-state index contributed by atoms with van der Waals surface area (Å²) in [6.07, 6.45) is 8.58. The fourth-order valence-corrected chi connectivity index (χ4v) is 6.82. The second-order valence-electron chi connectivity index (χ2n) is 11.0. The maximum atomic E-state index is 15.1. The molecule has 192 valence electrons. The van der Waals surface area contributed by atoms with Crippen LogP contribution in [0, 0.1) is 5.82 Å². The molecule has 7 heteroatoms. The van der Waals surface area contributed by atoms with Gasteiger partial charge in [-0.05, 0) is 49.7 Å². The van der Waals surface area contributed by atoms with E-state index in [1.54, 1.807) is 6.07 Å². The zero-order valence-corrected chi connectivity index (χ0v) is 21.2. The van der Waals surface area contributed by atoms with Crippen LogP contribution >= 0.6 is 0 Å². The number of rotatable bonds is 7. The molecule has 0 spiro atoms. The van der Waals surface area contributed by atoms with E-state index in [1.807, 2.05) is 6.20 Å². The average molecular weight is 492 g/mol. The van der Waals surface area contributed by atoms with Gasteiger partial charge in [0, 0.05) is 57.4 Å². The van der Waals surface area contributed by atoms with E-state index in [1.165, 1.54) is 43.2 Å². The van der Waals surface area contributed by atoms with Gasteiger partial charge in [0.2, 0.25) is 0 Å². The van der Waals surface area contributed by atoms with Crippen LogP contribution in [0.4, 0.5) is 10.1 Å². The van der Waals surface area contributed by atoms with E-state index in [2.05, 4.69) is 55.4 Å². The molecular formula is C29H38FN5O. The lowest BCUT2D eigenvalue weighted by molar-refractivity contribution is 0.0811. The van der Waals surface area contributed by atoms with Gasteiger partial charge >= 0.3 is 0 Å². The minimum Gasteiger partial charge on any atom is -0.390 e. The molecule has 0 radical (unpaired) electrons. The van der Waals surface area contributed by atoms with E-state index < -0.39 is 6.10 Å². The van der Waals surface area contributed by atoms with E-state index in [0.29, 0.717) is 37.4 Å². The summed E-state index contributed by atoms with van der Waals surface area (Å²) in [5, 5.41) is 10.8. The standard InChI is InChI=1S/C29H38FN5O/c1-21-33(19-27(36)18-32-12-11-22-5-2-3-6-23(22)17-32)13-14-34(21)20-29-28(30)15-26(16-31-29)35-24-7-4-8-25(35)10-9-24/h2-3,5-6,15-16,24-25,27,36H,1,4,7-14,17-20H2/t24?,25?,27-/m1/s1. The van der Waals surface area contributed by atoms with Crippen LogP contribution in [0.15, 0.2) is 48.9 Å². The van der Waals surface area contributed by atoms with E-state index in [-0.39, 0.29) is 5.82 Å². The Labute approximate surface area is 214 Å². The molecule has 1 aromatic heterocycles. The fourth-order valence-electron chi connectivity index (χ4n) is 6.82. The summed E-state index contributed by atoms with van der Waals surface area (Å²) in [6, 6.07) is 11.4. The molecule has 3 fully saturated rings. The van der Waals surface area contributed by atoms with Crippen LogP contribution < -0.4 is 4.90 Å². The SMILES string of the molecule is C=C1N(Cc2ncc(N3C4CCCC3CC4)cc2F)CCN1C[C@H](O)CN1CCc2ccccc2C1. The highest BCUT2D eigenvalue weighted by molar-refractivity contribution is 5.49. The normalized spacial score (nSPS) is 24.9. The first-order chi connectivity index (χ1) is 17.5. The van der Waals surface area contributed by atoms with Crippen molar-refractivity contribution in [3.05, 3.63) is 71.6 Å². The number of aromatic nitrogens is 1. The van der Waals surface area contributed by atoms with Gasteiger partial charge in [-0.2, -0.15) is 0 Å². The Kier molecular flexibility index (Phi) is 6.61. The number of hydrogen-bond acceptors (Lipinski definition) is 6. The highest BCUT2D eigenvalue weighted by atomic mass is 19.1. The Bertz CT molecular complexity index is 1090. The molecule has 2 aromatic rings. The van der Waals surface area contributed by atoms with Crippen molar-refractivity contribution in [3.63, 3.8) is 0 Å². The van der Waals surface area contributed by atoms with Crippen molar-refractivity contribution < 1.29 is 9.50 Å². The third-order valence-electron chi connectivity index (χ3n) is 8.72. The van der Waals surface area contributed by atoms with E-state index in [0.717, 1.165) is 44.1 Å². The molecule has 1 N–H and O–H groups in total. The molecule has 3 atom stereocenters. The van der Waals surface area contributed by atoms with E-state index in [9.17, 15) is 5.11 Å². The molecule has 36 heavy (non-hydrogen) atoms. The van der Waals surface area contributed by atoms with Gasteiger partial charge in [0.1, 0.15) is 5.82 Å². The number of aliphatic hydroxyl groups excluding tert-OH is 1. The molecule has 1 aromatic carbocycles. The van der Waals surface area contributed by atoms with Crippen molar-refractivity contribution in [2.45, 2.75) is 69.8 Å². The number of β-amino-alcohol motifs (C(OH)–C–C–N with tert-alkyl or cyclic N) is 1. The number of piperidine rings is 1. The van der Waals surface area contributed by atoms with Crippen LogP contribution in [-0.4, -0.2) is 75.7 Å². The molecular weight excluding hydrogens is 453 g/mol. The molecule has 3 saturated heterocycles. The number of anilines is 1. The van der Waals surface area contributed by atoms with E-state index in [4.69, 9.17) is 0 Å². The number of nitrogens with zero attached hydrogens (tertiary/aromatic N) is 5. The van der Waals surface area contributed by atoms with Gasteiger partial charge in [0.05, 0.1) is 36.0 Å². The van der Waals surface area contributed by atoms with Crippen molar-refractivity contribution in [2.24, 2.45) is 0 Å². The van der Waals surface area contributed by atoms with Crippen LogP contribution in [0.3, 0.4) is 0 Å².